The lowest BCUT2D eigenvalue weighted by Gasteiger charge is -2.25. The molecule has 0 saturated carbocycles. The summed E-state index contributed by atoms with van der Waals surface area (Å²) in [4.78, 5) is 12.6. The molecule has 0 fully saturated rings. The van der Waals surface area contributed by atoms with Gasteiger partial charge in [-0.25, -0.2) is 13.2 Å². The SMILES string of the molecule is COC(=O)C1=C(C)O[C@@H]2CC=C(S(=O)(=O)c3ccccc3)C[C@H]12. The van der Waals surface area contributed by atoms with Gasteiger partial charge in [0.2, 0.25) is 9.84 Å². The molecule has 1 aliphatic heterocycles. The van der Waals surface area contributed by atoms with Crippen LogP contribution in [0, 0.1) is 5.92 Å². The third kappa shape index (κ3) is 2.67. The second kappa shape index (κ2) is 5.85. The standard InChI is InChI=1S/C17H18O5S/c1-11-16(17(18)21-2)14-10-13(8-9-15(14)22-11)23(19,20)12-6-4-3-5-7-12/h3-8,14-15H,9-10H2,1-2H3/t14-,15+/m0/s1. The van der Waals surface area contributed by atoms with E-state index in [2.05, 4.69) is 0 Å². The Hall–Kier alpha value is -2.08. The van der Waals surface area contributed by atoms with E-state index in [9.17, 15) is 13.2 Å². The van der Waals surface area contributed by atoms with Gasteiger partial charge in [0.15, 0.2) is 0 Å². The van der Waals surface area contributed by atoms with Crippen molar-refractivity contribution in [3.8, 4) is 0 Å². The predicted molar refractivity (Wildman–Crippen MR) is 84.0 cm³/mol. The zero-order valence-corrected chi connectivity index (χ0v) is 13.8. The number of hydrogen-bond donors (Lipinski definition) is 0. The molecule has 0 radical (unpaired) electrons. The Morgan fingerprint density at radius 2 is 1.96 bits per heavy atom. The first kappa shape index (κ1) is 15.8. The molecule has 1 aromatic rings. The van der Waals surface area contributed by atoms with E-state index in [0.29, 0.717) is 22.7 Å². The highest BCUT2D eigenvalue weighted by molar-refractivity contribution is 7.95. The molecule has 23 heavy (non-hydrogen) atoms. The average molecular weight is 334 g/mol. The molecule has 3 rings (SSSR count). The van der Waals surface area contributed by atoms with Gasteiger partial charge in [-0.05, 0) is 25.5 Å². The molecule has 5 nitrogen and oxygen atoms in total. The quantitative estimate of drug-likeness (QED) is 0.795. The summed E-state index contributed by atoms with van der Waals surface area (Å²) in [5, 5.41) is 0. The largest absolute Gasteiger partial charge is 0.494 e. The number of ether oxygens (including phenoxy) is 2. The van der Waals surface area contributed by atoms with E-state index in [1.54, 1.807) is 43.3 Å². The molecule has 0 amide bonds. The second-order valence-electron chi connectivity index (χ2n) is 5.65. The van der Waals surface area contributed by atoms with E-state index >= 15 is 0 Å². The first-order chi connectivity index (χ1) is 10.9. The molecular weight excluding hydrogens is 316 g/mol. The topological polar surface area (TPSA) is 69.7 Å². The Morgan fingerprint density at radius 1 is 1.26 bits per heavy atom. The van der Waals surface area contributed by atoms with Crippen LogP contribution in [-0.2, 0) is 24.1 Å². The maximum absolute atomic E-state index is 12.8. The van der Waals surface area contributed by atoms with Crippen molar-refractivity contribution in [1.82, 2.24) is 0 Å². The molecule has 1 heterocycles. The van der Waals surface area contributed by atoms with Crippen molar-refractivity contribution in [2.45, 2.75) is 30.8 Å². The van der Waals surface area contributed by atoms with E-state index in [4.69, 9.17) is 9.47 Å². The molecule has 0 unspecified atom stereocenters. The Balaban J connectivity index is 1.93. The number of sulfone groups is 1. The van der Waals surface area contributed by atoms with Crippen molar-refractivity contribution in [3.63, 3.8) is 0 Å². The molecular formula is C17H18O5S. The van der Waals surface area contributed by atoms with Crippen molar-refractivity contribution in [2.24, 2.45) is 5.92 Å². The highest BCUT2D eigenvalue weighted by Gasteiger charge is 2.43. The molecule has 2 aliphatic rings. The molecule has 1 aromatic carbocycles. The summed E-state index contributed by atoms with van der Waals surface area (Å²) < 4.78 is 36.0. The monoisotopic (exact) mass is 334 g/mol. The lowest BCUT2D eigenvalue weighted by atomic mass is 9.86. The van der Waals surface area contributed by atoms with Crippen molar-refractivity contribution in [1.29, 1.82) is 0 Å². The maximum Gasteiger partial charge on any atom is 0.337 e. The third-order valence-corrected chi connectivity index (χ3v) is 6.25. The first-order valence-electron chi connectivity index (χ1n) is 7.40. The van der Waals surface area contributed by atoms with Crippen LogP contribution in [0.4, 0.5) is 0 Å². The van der Waals surface area contributed by atoms with Gasteiger partial charge in [0.1, 0.15) is 11.9 Å². The fourth-order valence-electron chi connectivity index (χ4n) is 3.19. The fourth-order valence-corrected chi connectivity index (χ4v) is 4.72. The molecule has 0 bridgehead atoms. The zero-order valence-electron chi connectivity index (χ0n) is 13.0. The van der Waals surface area contributed by atoms with Gasteiger partial charge in [0.05, 0.1) is 17.6 Å². The Bertz CT molecular complexity index is 790. The number of carbonyl (C=O) groups is 1. The Kier molecular flexibility index (Phi) is 4.02. The third-order valence-electron chi connectivity index (χ3n) is 4.33. The normalized spacial score (nSPS) is 23.8. The van der Waals surface area contributed by atoms with Gasteiger partial charge in [0.25, 0.3) is 0 Å². The molecule has 122 valence electrons. The van der Waals surface area contributed by atoms with E-state index < -0.39 is 15.8 Å². The average Bonchev–Trinajstić information content (AvgIpc) is 2.90. The summed E-state index contributed by atoms with van der Waals surface area (Å²) in [5.41, 5.74) is 0.450. The Labute approximate surface area is 135 Å². The number of benzene rings is 1. The van der Waals surface area contributed by atoms with Crippen LogP contribution in [0.15, 0.2) is 57.5 Å². The van der Waals surface area contributed by atoms with Crippen molar-refractivity contribution in [2.75, 3.05) is 7.11 Å². The minimum Gasteiger partial charge on any atom is -0.494 e. The highest BCUT2D eigenvalue weighted by Crippen LogP contribution is 2.42. The number of methoxy groups -OCH3 is 1. The van der Waals surface area contributed by atoms with Crippen LogP contribution in [-0.4, -0.2) is 27.6 Å². The van der Waals surface area contributed by atoms with Crippen LogP contribution in [0.2, 0.25) is 0 Å². The fraction of sp³-hybridized carbons (Fsp3) is 0.353. The summed E-state index contributed by atoms with van der Waals surface area (Å²) in [6.45, 7) is 1.72. The number of allylic oxidation sites excluding steroid dienone is 2. The number of rotatable bonds is 3. The van der Waals surface area contributed by atoms with Crippen LogP contribution in [0.25, 0.3) is 0 Å². The number of carbonyl (C=O) groups excluding carboxylic acids is 1. The van der Waals surface area contributed by atoms with Crippen LogP contribution >= 0.6 is 0 Å². The summed E-state index contributed by atoms with van der Waals surface area (Å²) in [6.07, 6.45) is 2.23. The molecule has 1 aliphatic carbocycles. The summed E-state index contributed by atoms with van der Waals surface area (Å²) in [7, 11) is -2.23. The van der Waals surface area contributed by atoms with E-state index in [1.165, 1.54) is 7.11 Å². The van der Waals surface area contributed by atoms with Crippen LogP contribution in [0.1, 0.15) is 19.8 Å². The van der Waals surface area contributed by atoms with Gasteiger partial charge in [-0.15, -0.1) is 0 Å². The lowest BCUT2D eigenvalue weighted by Crippen LogP contribution is -2.27. The van der Waals surface area contributed by atoms with Gasteiger partial charge < -0.3 is 9.47 Å². The zero-order chi connectivity index (χ0) is 16.6. The second-order valence-corrected chi connectivity index (χ2v) is 7.65. The van der Waals surface area contributed by atoms with E-state index in [1.807, 2.05) is 0 Å². The van der Waals surface area contributed by atoms with E-state index in [-0.39, 0.29) is 23.3 Å². The molecule has 0 spiro atoms. The van der Waals surface area contributed by atoms with Crippen LogP contribution in [0.5, 0.6) is 0 Å². The van der Waals surface area contributed by atoms with Gasteiger partial charge in [-0.2, -0.15) is 0 Å². The number of fused-ring (bicyclic) bond motifs is 1. The van der Waals surface area contributed by atoms with Crippen molar-refractivity contribution < 1.29 is 22.7 Å². The molecule has 0 aromatic heterocycles. The Morgan fingerprint density at radius 3 is 2.61 bits per heavy atom. The van der Waals surface area contributed by atoms with Crippen LogP contribution in [0.3, 0.4) is 0 Å². The summed E-state index contributed by atoms with van der Waals surface area (Å²) >= 11 is 0. The lowest BCUT2D eigenvalue weighted by molar-refractivity contribution is -0.136. The minimum atomic E-state index is -3.54. The van der Waals surface area contributed by atoms with E-state index in [0.717, 1.165) is 0 Å². The molecule has 0 saturated heterocycles. The number of hydrogen-bond acceptors (Lipinski definition) is 5. The van der Waals surface area contributed by atoms with Gasteiger partial charge in [-0.3, -0.25) is 0 Å². The number of esters is 1. The first-order valence-corrected chi connectivity index (χ1v) is 8.88. The summed E-state index contributed by atoms with van der Waals surface area (Å²) in [5.74, 6) is -0.201. The summed E-state index contributed by atoms with van der Waals surface area (Å²) in [6, 6.07) is 8.32. The molecule has 0 N–H and O–H groups in total. The van der Waals surface area contributed by atoms with Crippen molar-refractivity contribution in [3.05, 3.63) is 52.6 Å². The van der Waals surface area contributed by atoms with Gasteiger partial charge in [0, 0.05) is 17.2 Å². The minimum absolute atomic E-state index is 0.196. The van der Waals surface area contributed by atoms with Gasteiger partial charge >= 0.3 is 5.97 Å². The predicted octanol–water partition coefficient (Wildman–Crippen LogP) is 2.60. The molecule has 2 atom stereocenters. The molecule has 6 heteroatoms. The smallest absolute Gasteiger partial charge is 0.337 e. The maximum atomic E-state index is 12.8. The van der Waals surface area contributed by atoms with Crippen LogP contribution < -0.4 is 0 Å². The highest BCUT2D eigenvalue weighted by atomic mass is 32.2. The van der Waals surface area contributed by atoms with Crippen molar-refractivity contribution >= 4 is 15.8 Å². The van der Waals surface area contributed by atoms with Gasteiger partial charge in [-0.1, -0.05) is 24.3 Å².